The first-order chi connectivity index (χ1) is 35.5. The van der Waals surface area contributed by atoms with Crippen molar-refractivity contribution >= 4 is 40.3 Å². The van der Waals surface area contributed by atoms with Crippen LogP contribution in [0.4, 0.5) is 5.69 Å². The number of nitrogens with zero attached hydrogens (tertiary/aromatic N) is 8. The van der Waals surface area contributed by atoms with Crippen molar-refractivity contribution in [2.75, 3.05) is 0 Å². The van der Waals surface area contributed by atoms with Crippen LogP contribution in [-0.4, -0.2) is 20.3 Å². The number of allylic oxidation sites excluding steroid dienone is 2. The predicted molar refractivity (Wildman–Crippen MR) is 282 cm³/mol. The van der Waals surface area contributed by atoms with Crippen LogP contribution < -0.4 is 0 Å². The third kappa shape index (κ3) is 7.34. The molecule has 0 bridgehead atoms. The maximum absolute atomic E-state index is 9.71. The molecule has 0 saturated heterocycles. The van der Waals surface area contributed by atoms with Crippen molar-refractivity contribution in [3.63, 3.8) is 0 Å². The fourth-order valence-corrected chi connectivity index (χ4v) is 9.55. The molecule has 330 valence electrons. The molecule has 72 heavy (non-hydrogen) atoms. The van der Waals surface area contributed by atoms with Gasteiger partial charge in [-0.2, -0.15) is 21.0 Å². The summed E-state index contributed by atoms with van der Waals surface area (Å²) < 4.78 is 2.16. The lowest BCUT2D eigenvalue weighted by Crippen LogP contribution is -2.32. The number of hydrogen-bond acceptors (Lipinski definition) is 7. The first-order valence-corrected chi connectivity index (χ1v) is 23.1. The molecule has 8 aromatic carbocycles. The molecule has 12 rings (SSSR count). The summed E-state index contributed by atoms with van der Waals surface area (Å²) in [5.74, 6) is 1.47. The third-order valence-corrected chi connectivity index (χ3v) is 13.1. The van der Waals surface area contributed by atoms with Crippen molar-refractivity contribution in [3.8, 4) is 69.3 Å². The number of para-hydroxylation sites is 1. The van der Waals surface area contributed by atoms with Gasteiger partial charge in [0.2, 0.25) is 0 Å². The van der Waals surface area contributed by atoms with Gasteiger partial charge in [-0.1, -0.05) is 151 Å². The molecular formula is C64H34N8. The van der Waals surface area contributed by atoms with E-state index in [9.17, 15) is 21.0 Å². The highest BCUT2D eigenvalue weighted by molar-refractivity contribution is 6.17. The Kier molecular flexibility index (Phi) is 10.4. The average Bonchev–Trinajstić information content (AvgIpc) is 3.77. The van der Waals surface area contributed by atoms with Gasteiger partial charge in [-0.25, -0.2) is 9.98 Å². The Morgan fingerprint density at radius 3 is 1.47 bits per heavy atom. The molecule has 0 spiro atoms. The van der Waals surface area contributed by atoms with Gasteiger partial charge in [0.05, 0.1) is 80.7 Å². The molecule has 8 nitrogen and oxygen atoms in total. The van der Waals surface area contributed by atoms with E-state index in [0.717, 1.165) is 113 Å². The molecular weight excluding hydrogens is 881 g/mol. The number of aliphatic imine (C=N–C) groups is 1. The highest BCUT2D eigenvalue weighted by atomic mass is 15.2. The topological polar surface area (TPSA) is 129 Å². The van der Waals surface area contributed by atoms with Crippen LogP contribution >= 0.6 is 0 Å². The zero-order valence-electron chi connectivity index (χ0n) is 38.2. The van der Waals surface area contributed by atoms with Crippen molar-refractivity contribution in [2.24, 2.45) is 4.99 Å². The predicted octanol–water partition coefficient (Wildman–Crippen LogP) is 14.0. The molecule has 0 amide bonds. The number of imidazole rings is 1. The highest BCUT2D eigenvalue weighted by Crippen LogP contribution is 2.46. The van der Waals surface area contributed by atoms with E-state index >= 15 is 0 Å². The lowest BCUT2D eigenvalue weighted by molar-refractivity contribution is 0.810. The van der Waals surface area contributed by atoms with Crippen LogP contribution in [0.3, 0.4) is 0 Å². The summed E-state index contributed by atoms with van der Waals surface area (Å²) in [6.07, 6.45) is 4.01. The third-order valence-electron chi connectivity index (χ3n) is 13.1. The van der Waals surface area contributed by atoms with E-state index in [1.165, 1.54) is 0 Å². The van der Waals surface area contributed by atoms with Crippen LogP contribution in [0.25, 0.3) is 73.8 Å². The summed E-state index contributed by atoms with van der Waals surface area (Å²) in [4.78, 5) is 12.9. The zero-order valence-corrected chi connectivity index (χ0v) is 38.2. The molecule has 9 aromatic rings. The van der Waals surface area contributed by atoms with E-state index < -0.39 is 0 Å². The minimum absolute atomic E-state index is 0.555. The van der Waals surface area contributed by atoms with Gasteiger partial charge >= 0.3 is 0 Å². The minimum atomic E-state index is 0.555. The minimum Gasteiger partial charge on any atom is -0.286 e. The maximum Gasteiger partial charge on any atom is 0.146 e. The second-order valence-corrected chi connectivity index (χ2v) is 17.3. The molecule has 4 heterocycles. The number of aromatic nitrogens is 2. The van der Waals surface area contributed by atoms with Gasteiger partial charge in [0, 0.05) is 39.0 Å². The molecule has 0 unspecified atom stereocenters. The van der Waals surface area contributed by atoms with Gasteiger partial charge in [0.1, 0.15) is 11.7 Å². The van der Waals surface area contributed by atoms with Crippen molar-refractivity contribution in [1.82, 2.24) is 14.5 Å². The van der Waals surface area contributed by atoms with Gasteiger partial charge in [-0.05, 0) is 94.6 Å². The van der Waals surface area contributed by atoms with Crippen molar-refractivity contribution in [2.45, 2.75) is 0 Å². The summed E-state index contributed by atoms with van der Waals surface area (Å²) in [7, 11) is 0. The van der Waals surface area contributed by atoms with Gasteiger partial charge < -0.3 is 0 Å². The standard InChI is InChI=1S/C64H34N8/c65-37-41-9-17-48(18-10-41)54-34-36-59-56-7-3-4-8-57(56)69-63(72(59)61(54)51-21-13-43(39-67)14-22-51)53-31-27-46(28-32-53)45-25-29-49(30-26-45)58-35-33-47-5-1-2-6-55(47)64-70-60(50-19-11-42(38-66)12-20-50)62(71(58)64)52-23-15-44(40-68)16-24-52/h1-34H. The Hall–Kier alpha value is -10.8. The zero-order chi connectivity index (χ0) is 48.7. The van der Waals surface area contributed by atoms with Crippen molar-refractivity contribution in [3.05, 3.63) is 267 Å². The maximum atomic E-state index is 9.71. The van der Waals surface area contributed by atoms with Gasteiger partial charge in [-0.15, -0.1) is 0 Å². The number of hydrogen-bond donors (Lipinski definition) is 0. The molecule has 0 fully saturated rings. The van der Waals surface area contributed by atoms with Gasteiger partial charge in [0.15, 0.2) is 0 Å². The second-order valence-electron chi connectivity index (χ2n) is 17.3. The quantitative estimate of drug-likeness (QED) is 0.146. The van der Waals surface area contributed by atoms with Crippen LogP contribution in [-0.2, 0) is 0 Å². The van der Waals surface area contributed by atoms with Crippen molar-refractivity contribution in [1.29, 1.82) is 21.0 Å². The first-order valence-electron chi connectivity index (χ1n) is 23.1. The number of rotatable bonds is 7. The van der Waals surface area contributed by atoms with E-state index in [1.807, 2.05) is 127 Å². The van der Waals surface area contributed by atoms with Gasteiger partial charge in [-0.3, -0.25) is 9.47 Å². The molecule has 8 heteroatoms. The Morgan fingerprint density at radius 1 is 0.403 bits per heavy atom. The molecule has 3 aliphatic rings. The molecule has 0 saturated carbocycles. The van der Waals surface area contributed by atoms with Crippen molar-refractivity contribution < 1.29 is 0 Å². The van der Waals surface area contributed by atoms with Crippen LogP contribution in [0, 0.1) is 45.3 Å². The number of nitriles is 4. The van der Waals surface area contributed by atoms with E-state index in [-0.39, 0.29) is 0 Å². The van der Waals surface area contributed by atoms with E-state index in [2.05, 4.69) is 112 Å². The summed E-state index contributed by atoms with van der Waals surface area (Å²) in [6.45, 7) is 0. The average molecular weight is 915 g/mol. The SMILES string of the molecule is N#Cc1ccc(C2=C(c3ccc(C#N)cc3)N3C(=C=C2)c2ccccc2N=C3c2ccc(-c3ccc(C4=C=Cc5ccccc5-c5nc(-c6ccc(C#N)cc6)c(-c6ccc(C#N)cc6)n54)cc3)cc2)cc1. The van der Waals surface area contributed by atoms with Crippen LogP contribution in [0.1, 0.15) is 55.6 Å². The number of amidine groups is 1. The van der Waals surface area contributed by atoms with Crippen LogP contribution in [0.5, 0.6) is 0 Å². The largest absolute Gasteiger partial charge is 0.286 e. The molecule has 0 N–H and O–H groups in total. The van der Waals surface area contributed by atoms with E-state index in [1.54, 1.807) is 12.1 Å². The molecule has 0 radical (unpaired) electrons. The summed E-state index contributed by atoms with van der Waals surface area (Å²) in [5, 5.41) is 38.6. The number of fused-ring (bicyclic) bond motifs is 6. The van der Waals surface area contributed by atoms with Gasteiger partial charge in [0.25, 0.3) is 0 Å². The summed E-state index contributed by atoms with van der Waals surface area (Å²) in [5.41, 5.74) is 25.6. The fourth-order valence-electron chi connectivity index (χ4n) is 9.55. The molecule has 0 atom stereocenters. The van der Waals surface area contributed by atoms with Crippen LogP contribution in [0.2, 0.25) is 0 Å². The smallest absolute Gasteiger partial charge is 0.146 e. The lowest BCUT2D eigenvalue weighted by Gasteiger charge is -2.36. The Labute approximate surface area is 415 Å². The van der Waals surface area contributed by atoms with Crippen LogP contribution in [0.15, 0.2) is 217 Å². The molecule has 0 aliphatic carbocycles. The summed E-state index contributed by atoms with van der Waals surface area (Å²) >= 11 is 0. The second kappa shape index (κ2) is 17.7. The molecule has 1 aromatic heterocycles. The Bertz CT molecular complexity index is 4090. The summed E-state index contributed by atoms with van der Waals surface area (Å²) in [6, 6.07) is 72.2. The fraction of sp³-hybridized carbons (Fsp3) is 0. The Morgan fingerprint density at radius 2 is 0.875 bits per heavy atom. The van der Waals surface area contributed by atoms with E-state index in [4.69, 9.17) is 9.98 Å². The lowest BCUT2D eigenvalue weighted by atomic mass is 9.91. The van der Waals surface area contributed by atoms with E-state index in [0.29, 0.717) is 22.3 Å². The normalized spacial score (nSPS) is 12.8. The monoisotopic (exact) mass is 914 g/mol. The Balaban J connectivity index is 0.948. The highest BCUT2D eigenvalue weighted by Gasteiger charge is 2.33. The first kappa shape index (κ1) is 42.5. The molecule has 3 aliphatic heterocycles. The number of benzene rings is 8.